The number of nitrogens with one attached hydrogen (secondary N) is 4. The van der Waals surface area contributed by atoms with E-state index in [0.717, 1.165) is 16.0 Å². The number of hydrogen-bond acceptors (Lipinski definition) is 12. The van der Waals surface area contributed by atoms with Crippen molar-refractivity contribution in [2.75, 3.05) is 39.2 Å². The SMILES string of the molecule is COc1cc(-c2cn(C)c(=O)c3cnccc23)cc(OC)c1CCNC(C(=O)O)C(=O)NCCCCCNc1cccc2c1C(=O)N(C1CCC(=O)NC1=O)C2=O. The minimum absolute atomic E-state index is 0.0304. The Morgan fingerprint density at radius 1 is 0.947 bits per heavy atom. The number of piperidine rings is 1. The minimum atomic E-state index is -1.51. The number of carboxylic acid groups (broad SMARTS) is 1. The molecule has 1 fully saturated rings. The Hall–Kier alpha value is -6.62. The fourth-order valence-corrected chi connectivity index (χ4v) is 7.19. The van der Waals surface area contributed by atoms with Crippen LogP contribution in [0, 0.1) is 0 Å². The zero-order chi connectivity index (χ0) is 40.8. The van der Waals surface area contributed by atoms with Gasteiger partial charge in [0.15, 0.2) is 6.04 Å². The third-order valence-electron chi connectivity index (χ3n) is 10.1. The van der Waals surface area contributed by atoms with Gasteiger partial charge in [0.25, 0.3) is 17.4 Å². The number of hydrogen-bond donors (Lipinski definition) is 5. The summed E-state index contributed by atoms with van der Waals surface area (Å²) in [6, 6.07) is 7.69. The van der Waals surface area contributed by atoms with Crippen LogP contribution in [0.3, 0.4) is 0 Å². The first-order chi connectivity index (χ1) is 27.4. The van der Waals surface area contributed by atoms with Gasteiger partial charge in [0.2, 0.25) is 17.7 Å². The number of anilines is 1. The summed E-state index contributed by atoms with van der Waals surface area (Å²) in [5, 5.41) is 21.9. The molecular weight excluding hydrogens is 738 g/mol. The fourth-order valence-electron chi connectivity index (χ4n) is 7.19. The largest absolute Gasteiger partial charge is 0.496 e. The van der Waals surface area contributed by atoms with Gasteiger partial charge in [0.05, 0.1) is 30.7 Å². The zero-order valence-electron chi connectivity index (χ0n) is 31.7. The molecule has 0 bridgehead atoms. The molecule has 298 valence electrons. The number of methoxy groups -OCH3 is 2. The number of aromatic nitrogens is 2. The van der Waals surface area contributed by atoms with E-state index in [1.165, 1.54) is 31.0 Å². The first-order valence-corrected chi connectivity index (χ1v) is 18.5. The molecule has 57 heavy (non-hydrogen) atoms. The summed E-state index contributed by atoms with van der Waals surface area (Å²) in [5.74, 6) is -3.35. The van der Waals surface area contributed by atoms with Gasteiger partial charge in [-0.1, -0.05) is 6.07 Å². The zero-order valence-corrected chi connectivity index (χ0v) is 31.7. The standard InChI is InChI=1S/C40H43N7O10/c1-46-21-27(23-12-16-41-20-26(23)37(46)51)22-18-30(56-2)24(31(19-22)57-3)13-17-43-34(40(54)55)36(50)44-15-6-4-5-14-42-28-9-7-8-25-33(28)39(53)47(38(25)52)29-10-11-32(48)45-35(29)49/h7-9,12,16,18-21,29,34,42-43H,4-6,10-11,13-15,17H2,1-3H3,(H,44,50)(H,54,55)(H,45,48,49). The van der Waals surface area contributed by atoms with E-state index < -0.39 is 47.6 Å². The van der Waals surface area contributed by atoms with Crippen LogP contribution in [0.2, 0.25) is 0 Å². The molecule has 0 spiro atoms. The lowest BCUT2D eigenvalue weighted by Crippen LogP contribution is -2.54. The van der Waals surface area contributed by atoms with E-state index in [-0.39, 0.29) is 49.0 Å². The van der Waals surface area contributed by atoms with Crippen LogP contribution in [0.25, 0.3) is 21.9 Å². The van der Waals surface area contributed by atoms with E-state index in [1.54, 1.807) is 37.6 Å². The second-order valence-corrected chi connectivity index (χ2v) is 13.7. The number of aliphatic carboxylic acids is 1. The quantitative estimate of drug-likeness (QED) is 0.0588. The molecule has 4 aromatic rings. The van der Waals surface area contributed by atoms with Gasteiger partial charge in [-0.05, 0) is 73.4 Å². The molecule has 2 unspecified atom stereocenters. The van der Waals surface area contributed by atoms with Gasteiger partial charge in [0, 0.05) is 68.5 Å². The van der Waals surface area contributed by atoms with Crippen LogP contribution in [0.1, 0.15) is 58.4 Å². The monoisotopic (exact) mass is 781 g/mol. The van der Waals surface area contributed by atoms with Crippen molar-refractivity contribution < 1.29 is 43.3 Å². The molecule has 2 aliphatic heterocycles. The van der Waals surface area contributed by atoms with Gasteiger partial charge in [-0.3, -0.25) is 49.3 Å². The number of unbranched alkanes of at least 4 members (excludes halogenated alkanes) is 2. The molecule has 17 heteroatoms. The average molecular weight is 782 g/mol. The van der Waals surface area contributed by atoms with E-state index in [4.69, 9.17) is 9.47 Å². The highest BCUT2D eigenvalue weighted by molar-refractivity contribution is 6.25. The third kappa shape index (κ3) is 8.33. The molecule has 2 aromatic carbocycles. The van der Waals surface area contributed by atoms with E-state index in [2.05, 4.69) is 26.3 Å². The lowest BCUT2D eigenvalue weighted by atomic mass is 9.98. The van der Waals surface area contributed by atoms with Gasteiger partial charge in [0.1, 0.15) is 17.5 Å². The van der Waals surface area contributed by atoms with Crippen LogP contribution >= 0.6 is 0 Å². The normalized spacial score (nSPS) is 15.6. The summed E-state index contributed by atoms with van der Waals surface area (Å²) in [4.78, 5) is 93.0. The van der Waals surface area contributed by atoms with Crippen LogP contribution < -0.4 is 36.3 Å². The Balaban J connectivity index is 0.985. The molecule has 2 atom stereocenters. The number of amides is 5. The minimum Gasteiger partial charge on any atom is -0.496 e. The van der Waals surface area contributed by atoms with Crippen LogP contribution in [-0.4, -0.2) is 101 Å². The Labute approximate surface area is 326 Å². The molecule has 0 saturated carbocycles. The first kappa shape index (κ1) is 40.1. The number of ether oxygens (including phenoxy) is 2. The lowest BCUT2D eigenvalue weighted by molar-refractivity contribution is -0.144. The third-order valence-corrected chi connectivity index (χ3v) is 10.1. The average Bonchev–Trinajstić information content (AvgIpc) is 3.45. The number of fused-ring (bicyclic) bond motifs is 2. The molecule has 1 saturated heterocycles. The topological polar surface area (TPSA) is 227 Å². The van der Waals surface area contributed by atoms with Crippen molar-refractivity contribution in [3.63, 3.8) is 0 Å². The van der Waals surface area contributed by atoms with E-state index in [0.29, 0.717) is 59.3 Å². The molecule has 0 radical (unpaired) electrons. The maximum absolute atomic E-state index is 13.3. The number of carbonyl (C=O) groups is 6. The van der Waals surface area contributed by atoms with E-state index in [9.17, 15) is 38.7 Å². The van der Waals surface area contributed by atoms with Crippen molar-refractivity contribution in [2.45, 2.75) is 50.6 Å². The van der Waals surface area contributed by atoms with Crippen molar-refractivity contribution in [1.29, 1.82) is 0 Å². The molecule has 5 N–H and O–H groups in total. The number of pyridine rings is 2. The number of aryl methyl sites for hydroxylation is 1. The van der Waals surface area contributed by atoms with E-state index >= 15 is 0 Å². The molecule has 0 aliphatic carbocycles. The van der Waals surface area contributed by atoms with Crippen molar-refractivity contribution in [2.24, 2.45) is 7.05 Å². The maximum atomic E-state index is 13.3. The fraction of sp³-hybridized carbons (Fsp3) is 0.350. The summed E-state index contributed by atoms with van der Waals surface area (Å²) < 4.78 is 12.9. The van der Waals surface area contributed by atoms with Crippen molar-refractivity contribution in [3.05, 3.63) is 82.0 Å². The molecule has 5 amide bonds. The van der Waals surface area contributed by atoms with Gasteiger partial charge in [-0.15, -0.1) is 0 Å². The smallest absolute Gasteiger partial charge is 0.330 e. The highest BCUT2D eigenvalue weighted by atomic mass is 16.5. The number of carboxylic acids is 1. The second-order valence-electron chi connectivity index (χ2n) is 13.7. The lowest BCUT2D eigenvalue weighted by Gasteiger charge is -2.27. The van der Waals surface area contributed by atoms with Gasteiger partial charge in [-0.2, -0.15) is 0 Å². The number of nitrogens with zero attached hydrogens (tertiary/aromatic N) is 3. The summed E-state index contributed by atoms with van der Waals surface area (Å²) >= 11 is 0. The highest BCUT2D eigenvalue weighted by Crippen LogP contribution is 2.37. The maximum Gasteiger partial charge on any atom is 0.330 e. The molecule has 2 aliphatic rings. The summed E-state index contributed by atoms with van der Waals surface area (Å²) in [6.45, 7) is 0.785. The first-order valence-electron chi connectivity index (χ1n) is 18.5. The summed E-state index contributed by atoms with van der Waals surface area (Å²) in [5.41, 5.74) is 2.79. The van der Waals surface area contributed by atoms with Crippen LogP contribution in [0.5, 0.6) is 11.5 Å². The molecule has 6 rings (SSSR count). The second kappa shape index (κ2) is 17.5. The molecular formula is C40H43N7O10. The number of benzene rings is 2. The predicted molar refractivity (Wildman–Crippen MR) is 207 cm³/mol. The number of carbonyl (C=O) groups excluding carboxylic acids is 5. The summed E-state index contributed by atoms with van der Waals surface area (Å²) in [6.07, 6.45) is 7.09. The van der Waals surface area contributed by atoms with Crippen molar-refractivity contribution in [1.82, 2.24) is 30.4 Å². The van der Waals surface area contributed by atoms with Crippen LogP contribution in [0.4, 0.5) is 5.69 Å². The Morgan fingerprint density at radius 2 is 1.68 bits per heavy atom. The molecule has 17 nitrogen and oxygen atoms in total. The van der Waals surface area contributed by atoms with Crippen molar-refractivity contribution in [3.8, 4) is 22.6 Å². The van der Waals surface area contributed by atoms with Gasteiger partial charge in [-0.25, -0.2) is 4.79 Å². The Bertz CT molecular complexity index is 2300. The highest BCUT2D eigenvalue weighted by Gasteiger charge is 2.45. The number of imide groups is 2. The van der Waals surface area contributed by atoms with E-state index in [1.807, 2.05) is 12.1 Å². The number of rotatable bonds is 17. The van der Waals surface area contributed by atoms with Crippen LogP contribution in [0.15, 0.2) is 59.8 Å². The summed E-state index contributed by atoms with van der Waals surface area (Å²) in [7, 11) is 4.69. The van der Waals surface area contributed by atoms with Gasteiger partial charge < -0.3 is 29.8 Å². The molecule has 4 heterocycles. The van der Waals surface area contributed by atoms with Crippen molar-refractivity contribution >= 4 is 52.0 Å². The van der Waals surface area contributed by atoms with Gasteiger partial charge >= 0.3 is 5.97 Å². The Kier molecular flexibility index (Phi) is 12.3. The predicted octanol–water partition coefficient (Wildman–Crippen LogP) is 2.00. The molecule has 2 aromatic heterocycles. The van der Waals surface area contributed by atoms with Crippen LogP contribution in [-0.2, 0) is 32.6 Å². The Morgan fingerprint density at radius 3 is 2.39 bits per heavy atom.